The summed E-state index contributed by atoms with van der Waals surface area (Å²) in [7, 11) is 0. The largest absolute Gasteiger partial charge is 0.311 e. The number of benzene rings is 8. The Bertz CT molecular complexity index is 2170. The first kappa shape index (κ1) is 30.7. The van der Waals surface area contributed by atoms with Crippen LogP contribution >= 0.6 is 0 Å². The molecule has 50 heavy (non-hydrogen) atoms. The highest BCUT2D eigenvalue weighted by Gasteiger charge is 2.16. The van der Waals surface area contributed by atoms with Crippen LogP contribution in [0.2, 0.25) is 0 Å². The van der Waals surface area contributed by atoms with Gasteiger partial charge in [0.15, 0.2) is 0 Å². The van der Waals surface area contributed by atoms with Crippen molar-refractivity contribution in [3.63, 3.8) is 0 Å². The van der Waals surface area contributed by atoms with Gasteiger partial charge < -0.3 is 9.80 Å². The number of rotatable bonds is 9. The Hall–Kier alpha value is -6.64. The van der Waals surface area contributed by atoms with E-state index in [9.17, 15) is 0 Å². The first-order valence-corrected chi connectivity index (χ1v) is 17.0. The topological polar surface area (TPSA) is 6.48 Å². The van der Waals surface area contributed by atoms with Gasteiger partial charge in [-0.3, -0.25) is 0 Å². The maximum Gasteiger partial charge on any atom is 0.0463 e. The normalized spacial score (nSPS) is 10.8. The van der Waals surface area contributed by atoms with Crippen molar-refractivity contribution in [2.24, 2.45) is 0 Å². The maximum atomic E-state index is 2.32. The van der Waals surface area contributed by atoms with E-state index in [1.807, 2.05) is 0 Å². The molecule has 8 aromatic rings. The van der Waals surface area contributed by atoms with Gasteiger partial charge in [0, 0.05) is 34.1 Å². The molecule has 0 radical (unpaired) electrons. The fourth-order valence-corrected chi connectivity index (χ4v) is 6.57. The van der Waals surface area contributed by atoms with Gasteiger partial charge in [0.05, 0.1) is 0 Å². The van der Waals surface area contributed by atoms with Gasteiger partial charge in [-0.2, -0.15) is 0 Å². The molecule has 0 heterocycles. The molecule has 0 saturated carbocycles. The molecule has 0 aromatic heterocycles. The minimum atomic E-state index is 1.09. The molecule has 8 aromatic carbocycles. The summed E-state index contributed by atoms with van der Waals surface area (Å²) in [4.78, 5) is 4.61. The zero-order valence-electron chi connectivity index (χ0n) is 27.7. The van der Waals surface area contributed by atoms with Crippen LogP contribution in [0.1, 0.15) is 0 Å². The van der Waals surface area contributed by atoms with Crippen molar-refractivity contribution in [3.05, 3.63) is 218 Å². The van der Waals surface area contributed by atoms with Crippen LogP contribution in [0.3, 0.4) is 0 Å². The lowest BCUT2D eigenvalue weighted by atomic mass is 9.93. The molecule has 0 fully saturated rings. The summed E-state index contributed by atoms with van der Waals surface area (Å²) in [5.41, 5.74) is 13.8. The van der Waals surface area contributed by atoms with Gasteiger partial charge in [-0.1, -0.05) is 127 Å². The van der Waals surface area contributed by atoms with Crippen LogP contribution in [0.5, 0.6) is 0 Å². The lowest BCUT2D eigenvalue weighted by Crippen LogP contribution is -2.12. The van der Waals surface area contributed by atoms with Gasteiger partial charge in [0.2, 0.25) is 0 Å². The van der Waals surface area contributed by atoms with Crippen LogP contribution in [0.4, 0.5) is 34.1 Å². The molecular formula is C48H36N2. The minimum Gasteiger partial charge on any atom is -0.311 e. The molecule has 0 unspecified atom stereocenters. The van der Waals surface area contributed by atoms with Crippen molar-refractivity contribution < 1.29 is 0 Å². The first-order chi connectivity index (χ1) is 24.8. The van der Waals surface area contributed by atoms with E-state index < -0.39 is 0 Å². The zero-order valence-corrected chi connectivity index (χ0v) is 27.7. The van der Waals surface area contributed by atoms with E-state index in [0.717, 1.165) is 34.1 Å². The van der Waals surface area contributed by atoms with E-state index in [-0.39, 0.29) is 0 Å². The van der Waals surface area contributed by atoms with Crippen LogP contribution in [0.25, 0.3) is 33.4 Å². The number of para-hydroxylation sites is 3. The van der Waals surface area contributed by atoms with Crippen LogP contribution in [-0.2, 0) is 0 Å². The second-order valence-electron chi connectivity index (χ2n) is 12.3. The molecule has 0 bridgehead atoms. The van der Waals surface area contributed by atoms with Gasteiger partial charge in [-0.15, -0.1) is 0 Å². The Morgan fingerprint density at radius 2 is 0.400 bits per heavy atom. The highest BCUT2D eigenvalue weighted by Crippen LogP contribution is 2.40. The van der Waals surface area contributed by atoms with Crippen molar-refractivity contribution in [2.45, 2.75) is 0 Å². The lowest BCUT2D eigenvalue weighted by molar-refractivity contribution is 1.26. The van der Waals surface area contributed by atoms with Crippen LogP contribution < -0.4 is 9.80 Å². The number of hydrogen-bond acceptors (Lipinski definition) is 2. The van der Waals surface area contributed by atoms with Crippen molar-refractivity contribution in [2.75, 3.05) is 9.80 Å². The second-order valence-corrected chi connectivity index (χ2v) is 12.3. The van der Waals surface area contributed by atoms with Gasteiger partial charge in [-0.25, -0.2) is 0 Å². The summed E-state index contributed by atoms with van der Waals surface area (Å²) in [6.07, 6.45) is 0. The van der Waals surface area contributed by atoms with Crippen LogP contribution in [0, 0.1) is 0 Å². The van der Waals surface area contributed by atoms with Crippen molar-refractivity contribution in [1.82, 2.24) is 0 Å². The first-order valence-electron chi connectivity index (χ1n) is 17.0. The highest BCUT2D eigenvalue weighted by atomic mass is 15.2. The van der Waals surface area contributed by atoms with Gasteiger partial charge in [0.25, 0.3) is 0 Å². The highest BCUT2D eigenvalue weighted by molar-refractivity contribution is 5.84. The fraction of sp³-hybridized carbons (Fsp3) is 0. The summed E-state index contributed by atoms with van der Waals surface area (Å²) >= 11 is 0. The molecule has 0 amide bonds. The molecule has 0 N–H and O–H groups in total. The van der Waals surface area contributed by atoms with E-state index >= 15 is 0 Å². The number of anilines is 6. The fourth-order valence-electron chi connectivity index (χ4n) is 6.57. The minimum absolute atomic E-state index is 1.09. The van der Waals surface area contributed by atoms with Crippen molar-refractivity contribution >= 4 is 34.1 Å². The smallest absolute Gasteiger partial charge is 0.0463 e. The quantitative estimate of drug-likeness (QED) is 0.155. The molecule has 2 nitrogen and oxygen atoms in total. The summed E-state index contributed by atoms with van der Waals surface area (Å²) in [5, 5.41) is 0. The summed E-state index contributed by atoms with van der Waals surface area (Å²) < 4.78 is 0. The van der Waals surface area contributed by atoms with Crippen LogP contribution in [0.15, 0.2) is 218 Å². The van der Waals surface area contributed by atoms with E-state index in [0.29, 0.717) is 0 Å². The van der Waals surface area contributed by atoms with Crippen molar-refractivity contribution in [1.29, 1.82) is 0 Å². The lowest BCUT2D eigenvalue weighted by Gasteiger charge is -2.28. The Morgan fingerprint density at radius 1 is 0.180 bits per heavy atom. The predicted octanol–water partition coefficient (Wildman–Crippen LogP) is 13.6. The molecule has 0 aliphatic heterocycles. The third-order valence-corrected chi connectivity index (χ3v) is 9.02. The summed E-state index contributed by atoms with van der Waals surface area (Å²) in [5.74, 6) is 0. The van der Waals surface area contributed by atoms with E-state index in [1.165, 1.54) is 33.4 Å². The second kappa shape index (κ2) is 14.2. The number of nitrogens with zero attached hydrogens (tertiary/aromatic N) is 2. The molecule has 238 valence electrons. The van der Waals surface area contributed by atoms with Crippen LogP contribution in [-0.4, -0.2) is 0 Å². The van der Waals surface area contributed by atoms with Gasteiger partial charge in [0.1, 0.15) is 0 Å². The Labute approximate surface area is 294 Å². The van der Waals surface area contributed by atoms with Gasteiger partial charge >= 0.3 is 0 Å². The Balaban J connectivity index is 1.17. The van der Waals surface area contributed by atoms with E-state index in [2.05, 4.69) is 228 Å². The Morgan fingerprint density at radius 3 is 0.700 bits per heavy atom. The molecule has 8 rings (SSSR count). The third-order valence-electron chi connectivity index (χ3n) is 9.02. The SMILES string of the molecule is c1ccc(-c2cc(-c3ccccc3)cc(-c3ccc(N(c4ccccc4)c4ccc(N(c5ccccc5)c5ccccc5)cc4)cc3)c2)cc1. The molecule has 0 aliphatic carbocycles. The average Bonchev–Trinajstić information content (AvgIpc) is 3.21. The molecule has 0 spiro atoms. The molecule has 0 aliphatic rings. The Kier molecular flexibility index (Phi) is 8.73. The standard InChI is InChI=1S/C48H36N2/c1-6-16-37(17-7-1)40-34-41(38-18-8-2-9-19-38)36-42(35-40)39-26-28-46(29-27-39)50(45-24-14-5-15-25-45)48-32-30-47(31-33-48)49(43-20-10-3-11-21-43)44-22-12-4-13-23-44/h1-36H. The molecule has 2 heteroatoms. The zero-order chi connectivity index (χ0) is 33.5. The summed E-state index contributed by atoms with van der Waals surface area (Å²) in [6.45, 7) is 0. The average molecular weight is 641 g/mol. The third kappa shape index (κ3) is 6.56. The predicted molar refractivity (Wildman–Crippen MR) is 212 cm³/mol. The monoisotopic (exact) mass is 640 g/mol. The van der Waals surface area contributed by atoms with Gasteiger partial charge in [-0.05, 0) is 124 Å². The van der Waals surface area contributed by atoms with Crippen molar-refractivity contribution in [3.8, 4) is 33.4 Å². The molecule has 0 saturated heterocycles. The van der Waals surface area contributed by atoms with E-state index in [1.54, 1.807) is 0 Å². The molecular weight excluding hydrogens is 605 g/mol. The maximum absolute atomic E-state index is 2.32. The number of hydrogen-bond donors (Lipinski definition) is 0. The van der Waals surface area contributed by atoms with E-state index in [4.69, 9.17) is 0 Å². The molecule has 0 atom stereocenters. The summed E-state index contributed by atoms with van der Waals surface area (Å²) in [6, 6.07) is 77.6.